The second-order valence-corrected chi connectivity index (χ2v) is 7.36. The van der Waals surface area contributed by atoms with Crippen LogP contribution in [0.25, 0.3) is 0 Å². The van der Waals surface area contributed by atoms with Gasteiger partial charge in [0.05, 0.1) is 12.8 Å². The lowest BCUT2D eigenvalue weighted by atomic mass is 10.0. The molecule has 0 bridgehead atoms. The molecule has 1 fully saturated rings. The zero-order chi connectivity index (χ0) is 17.8. The molecule has 25 heavy (non-hydrogen) atoms. The van der Waals surface area contributed by atoms with Gasteiger partial charge in [-0.05, 0) is 61.7 Å². The standard InChI is InChI=1S/C20H23BrN2O2/c1-14-5-10-19(25-2)18(12-14)22-17-4-3-11-23(13-17)20(24)15-6-8-16(21)9-7-15/h5-10,12,17,22H,3-4,11,13H2,1-2H3. The number of hydrogen-bond donors (Lipinski definition) is 1. The van der Waals surface area contributed by atoms with Crippen LogP contribution < -0.4 is 10.1 Å². The maximum absolute atomic E-state index is 12.7. The van der Waals surface area contributed by atoms with Crippen molar-refractivity contribution in [1.82, 2.24) is 4.90 Å². The van der Waals surface area contributed by atoms with Crippen molar-refractivity contribution < 1.29 is 9.53 Å². The Morgan fingerprint density at radius 3 is 2.72 bits per heavy atom. The predicted octanol–water partition coefficient (Wildman–Crippen LogP) is 4.48. The molecule has 3 rings (SSSR count). The number of methoxy groups -OCH3 is 1. The van der Waals surface area contributed by atoms with Gasteiger partial charge in [0.2, 0.25) is 0 Å². The van der Waals surface area contributed by atoms with Crippen molar-refractivity contribution in [2.45, 2.75) is 25.8 Å². The van der Waals surface area contributed by atoms with Crippen LogP contribution in [0.2, 0.25) is 0 Å². The maximum atomic E-state index is 12.7. The molecule has 2 aromatic carbocycles. The summed E-state index contributed by atoms with van der Waals surface area (Å²) in [4.78, 5) is 14.7. The van der Waals surface area contributed by atoms with Crippen LogP contribution in [0.15, 0.2) is 46.9 Å². The van der Waals surface area contributed by atoms with Crippen molar-refractivity contribution >= 4 is 27.5 Å². The lowest BCUT2D eigenvalue weighted by Crippen LogP contribution is -2.45. The number of aryl methyl sites for hydroxylation is 1. The molecule has 1 atom stereocenters. The van der Waals surface area contributed by atoms with Crippen molar-refractivity contribution in [1.29, 1.82) is 0 Å². The van der Waals surface area contributed by atoms with Crippen LogP contribution in [0, 0.1) is 6.92 Å². The number of rotatable bonds is 4. The molecule has 1 heterocycles. The van der Waals surface area contributed by atoms with Gasteiger partial charge in [-0.2, -0.15) is 0 Å². The van der Waals surface area contributed by atoms with Crippen molar-refractivity contribution in [3.05, 3.63) is 58.1 Å². The number of ether oxygens (including phenoxy) is 1. The number of hydrogen-bond acceptors (Lipinski definition) is 3. The summed E-state index contributed by atoms with van der Waals surface area (Å²) in [6.45, 7) is 3.57. The summed E-state index contributed by atoms with van der Waals surface area (Å²) in [5, 5.41) is 3.56. The van der Waals surface area contributed by atoms with Gasteiger partial charge in [-0.1, -0.05) is 22.0 Å². The highest BCUT2D eigenvalue weighted by Crippen LogP contribution is 2.27. The number of nitrogens with zero attached hydrogens (tertiary/aromatic N) is 1. The molecule has 0 radical (unpaired) electrons. The number of carbonyl (C=O) groups excluding carboxylic acids is 1. The van der Waals surface area contributed by atoms with Crippen molar-refractivity contribution in [2.75, 3.05) is 25.5 Å². The number of likely N-dealkylation sites (tertiary alicyclic amines) is 1. The fraction of sp³-hybridized carbons (Fsp3) is 0.350. The van der Waals surface area contributed by atoms with E-state index in [4.69, 9.17) is 4.74 Å². The van der Waals surface area contributed by atoms with E-state index in [1.807, 2.05) is 41.3 Å². The smallest absolute Gasteiger partial charge is 0.253 e. The van der Waals surface area contributed by atoms with Crippen LogP contribution in [0.5, 0.6) is 5.75 Å². The highest BCUT2D eigenvalue weighted by atomic mass is 79.9. The molecule has 1 amide bonds. The minimum Gasteiger partial charge on any atom is -0.495 e. The molecular weight excluding hydrogens is 380 g/mol. The summed E-state index contributed by atoms with van der Waals surface area (Å²) in [6.07, 6.45) is 2.04. The van der Waals surface area contributed by atoms with E-state index in [1.54, 1.807) is 7.11 Å². The Hall–Kier alpha value is -2.01. The Morgan fingerprint density at radius 1 is 1.24 bits per heavy atom. The number of nitrogens with one attached hydrogen (secondary N) is 1. The largest absolute Gasteiger partial charge is 0.495 e. The van der Waals surface area contributed by atoms with Crippen LogP contribution in [-0.4, -0.2) is 37.0 Å². The number of benzene rings is 2. The van der Waals surface area contributed by atoms with E-state index in [2.05, 4.69) is 34.2 Å². The third kappa shape index (κ3) is 4.34. The van der Waals surface area contributed by atoms with Gasteiger partial charge in [-0.15, -0.1) is 0 Å². The minimum absolute atomic E-state index is 0.0928. The first kappa shape index (κ1) is 17.8. The highest BCUT2D eigenvalue weighted by molar-refractivity contribution is 9.10. The molecule has 0 spiro atoms. The van der Waals surface area contributed by atoms with E-state index in [-0.39, 0.29) is 11.9 Å². The number of amides is 1. The van der Waals surface area contributed by atoms with E-state index in [0.29, 0.717) is 6.54 Å². The first-order valence-electron chi connectivity index (χ1n) is 8.53. The number of carbonyl (C=O) groups is 1. The molecule has 1 aliphatic heterocycles. The fourth-order valence-corrected chi connectivity index (χ4v) is 3.47. The lowest BCUT2D eigenvalue weighted by molar-refractivity contribution is 0.0715. The van der Waals surface area contributed by atoms with Gasteiger partial charge in [0.25, 0.3) is 5.91 Å². The second kappa shape index (κ2) is 7.91. The molecular formula is C20H23BrN2O2. The monoisotopic (exact) mass is 402 g/mol. The first-order chi connectivity index (χ1) is 12.1. The lowest BCUT2D eigenvalue weighted by Gasteiger charge is -2.34. The topological polar surface area (TPSA) is 41.6 Å². The normalized spacial score (nSPS) is 17.2. The fourth-order valence-electron chi connectivity index (χ4n) is 3.21. The summed E-state index contributed by atoms with van der Waals surface area (Å²) in [5.41, 5.74) is 2.91. The summed E-state index contributed by atoms with van der Waals surface area (Å²) in [7, 11) is 1.68. The Labute approximate surface area is 157 Å². The molecule has 1 saturated heterocycles. The molecule has 0 aromatic heterocycles. The molecule has 132 valence electrons. The van der Waals surface area contributed by atoms with Crippen LogP contribution in [-0.2, 0) is 0 Å². The van der Waals surface area contributed by atoms with Crippen LogP contribution >= 0.6 is 15.9 Å². The van der Waals surface area contributed by atoms with Gasteiger partial charge >= 0.3 is 0 Å². The van der Waals surface area contributed by atoms with Gasteiger partial charge in [0.1, 0.15) is 5.75 Å². The van der Waals surface area contributed by atoms with E-state index < -0.39 is 0 Å². The Kier molecular flexibility index (Phi) is 5.63. The summed E-state index contributed by atoms with van der Waals surface area (Å²) in [5.74, 6) is 0.928. The Balaban J connectivity index is 1.70. The molecule has 1 aliphatic rings. The molecule has 5 heteroatoms. The second-order valence-electron chi connectivity index (χ2n) is 6.45. The summed E-state index contributed by atoms with van der Waals surface area (Å²) >= 11 is 3.41. The van der Waals surface area contributed by atoms with E-state index >= 15 is 0 Å². The first-order valence-corrected chi connectivity index (χ1v) is 9.32. The number of piperidine rings is 1. The van der Waals surface area contributed by atoms with Gasteiger partial charge in [-0.3, -0.25) is 4.79 Å². The molecule has 0 saturated carbocycles. The third-order valence-electron chi connectivity index (χ3n) is 4.51. The molecule has 1 unspecified atom stereocenters. The van der Waals surface area contributed by atoms with Gasteiger partial charge in [0.15, 0.2) is 0 Å². The zero-order valence-corrected chi connectivity index (χ0v) is 16.2. The Bertz CT molecular complexity index is 746. The molecule has 0 aliphatic carbocycles. The Morgan fingerprint density at radius 2 is 2.00 bits per heavy atom. The number of halogens is 1. The average Bonchev–Trinajstić information content (AvgIpc) is 2.62. The van der Waals surface area contributed by atoms with Crippen LogP contribution in [0.1, 0.15) is 28.8 Å². The quantitative estimate of drug-likeness (QED) is 0.819. The summed E-state index contributed by atoms with van der Waals surface area (Å²) < 4.78 is 6.43. The molecule has 1 N–H and O–H groups in total. The third-order valence-corrected chi connectivity index (χ3v) is 5.04. The van der Waals surface area contributed by atoms with Crippen molar-refractivity contribution in [2.24, 2.45) is 0 Å². The highest BCUT2D eigenvalue weighted by Gasteiger charge is 2.25. The van der Waals surface area contributed by atoms with Crippen LogP contribution in [0.3, 0.4) is 0 Å². The van der Waals surface area contributed by atoms with E-state index in [0.717, 1.165) is 40.9 Å². The number of anilines is 1. The van der Waals surface area contributed by atoms with Gasteiger partial charge in [-0.25, -0.2) is 0 Å². The minimum atomic E-state index is 0.0928. The zero-order valence-electron chi connectivity index (χ0n) is 14.6. The SMILES string of the molecule is COc1ccc(C)cc1NC1CCCN(C(=O)c2ccc(Br)cc2)C1. The molecule has 2 aromatic rings. The predicted molar refractivity (Wildman–Crippen MR) is 104 cm³/mol. The van der Waals surface area contributed by atoms with Gasteiger partial charge < -0.3 is 15.0 Å². The van der Waals surface area contributed by atoms with E-state index in [1.165, 1.54) is 5.56 Å². The molecule has 4 nitrogen and oxygen atoms in total. The maximum Gasteiger partial charge on any atom is 0.253 e. The average molecular weight is 403 g/mol. The van der Waals surface area contributed by atoms with E-state index in [9.17, 15) is 4.79 Å². The van der Waals surface area contributed by atoms with Crippen molar-refractivity contribution in [3.8, 4) is 5.75 Å². The van der Waals surface area contributed by atoms with Crippen LogP contribution in [0.4, 0.5) is 5.69 Å². The van der Waals surface area contributed by atoms with Gasteiger partial charge in [0, 0.05) is 29.2 Å². The summed E-state index contributed by atoms with van der Waals surface area (Å²) in [6, 6.07) is 13.9. The van der Waals surface area contributed by atoms with Crippen molar-refractivity contribution in [3.63, 3.8) is 0 Å².